The minimum atomic E-state index is -1.00. The van der Waals surface area contributed by atoms with Crippen LogP contribution in [0.4, 0.5) is 0 Å². The summed E-state index contributed by atoms with van der Waals surface area (Å²) in [4.78, 5) is 9.00. The molecule has 78 valence electrons. The van der Waals surface area contributed by atoms with Gasteiger partial charge in [0.05, 0.1) is 6.61 Å². The first kappa shape index (κ1) is 14.9. The molecule has 0 bridgehead atoms. The molecule has 0 saturated heterocycles. The lowest BCUT2D eigenvalue weighted by molar-refractivity contribution is -0.134. The van der Waals surface area contributed by atoms with E-state index in [1.165, 1.54) is 0 Å². The molecule has 0 aliphatic heterocycles. The first-order valence-corrected chi connectivity index (χ1v) is 7.87. The molecule has 3 nitrogen and oxygen atoms in total. The number of aliphatic hydroxyl groups is 1. The summed E-state index contributed by atoms with van der Waals surface area (Å²) in [5.41, 5.74) is 0.981. The molecule has 0 saturated carbocycles. The van der Waals surface area contributed by atoms with E-state index in [2.05, 4.69) is 26.2 Å². The van der Waals surface area contributed by atoms with Gasteiger partial charge in [0.15, 0.2) is 0 Å². The van der Waals surface area contributed by atoms with Gasteiger partial charge in [0.2, 0.25) is 0 Å². The highest BCUT2D eigenvalue weighted by molar-refractivity contribution is 6.76. The summed E-state index contributed by atoms with van der Waals surface area (Å²) in [6, 6.07) is 1.05. The molecule has 0 heterocycles. The van der Waals surface area contributed by atoms with Crippen molar-refractivity contribution in [3.8, 4) is 0 Å². The van der Waals surface area contributed by atoms with Crippen LogP contribution in [0.2, 0.25) is 25.7 Å². The Bertz CT molecular complexity index is 166. The van der Waals surface area contributed by atoms with Crippen molar-refractivity contribution in [3.63, 3.8) is 0 Å². The zero-order valence-electron chi connectivity index (χ0n) is 8.92. The maximum Gasteiger partial charge on any atom is 0.300 e. The van der Waals surface area contributed by atoms with Crippen molar-refractivity contribution >= 4 is 14.0 Å². The van der Waals surface area contributed by atoms with Crippen molar-refractivity contribution in [2.24, 2.45) is 0 Å². The van der Waals surface area contributed by atoms with Crippen LogP contribution < -0.4 is 0 Å². The highest BCUT2D eigenvalue weighted by atomic mass is 28.3. The Hall–Kier alpha value is -0.613. The Balaban J connectivity index is 0. The second-order valence-corrected chi connectivity index (χ2v) is 9.64. The van der Waals surface area contributed by atoms with Crippen LogP contribution >= 0.6 is 0 Å². The summed E-state index contributed by atoms with van der Waals surface area (Å²) >= 11 is 0. The number of hydrogen-bond acceptors (Lipinski definition) is 2. The summed E-state index contributed by atoms with van der Waals surface area (Å²) in [6.45, 7) is 11.8. The van der Waals surface area contributed by atoms with Crippen molar-refractivity contribution in [3.05, 3.63) is 12.2 Å². The van der Waals surface area contributed by atoms with Crippen LogP contribution in [0.1, 0.15) is 6.92 Å². The van der Waals surface area contributed by atoms with E-state index in [9.17, 15) is 0 Å². The zero-order valence-corrected chi connectivity index (χ0v) is 9.92. The van der Waals surface area contributed by atoms with Crippen molar-refractivity contribution in [1.29, 1.82) is 0 Å². The van der Waals surface area contributed by atoms with Crippen LogP contribution in [0, 0.1) is 0 Å². The van der Waals surface area contributed by atoms with Gasteiger partial charge in [-0.25, -0.2) is 0 Å². The summed E-state index contributed by atoms with van der Waals surface area (Å²) in [5.74, 6) is -0.833. The molecular weight excluding hydrogens is 184 g/mol. The smallest absolute Gasteiger partial charge is 0.300 e. The number of aliphatic hydroxyl groups excluding tert-OH is 1. The molecule has 0 aliphatic rings. The second kappa shape index (κ2) is 6.86. The van der Waals surface area contributed by atoms with Gasteiger partial charge in [0.1, 0.15) is 0 Å². The highest BCUT2D eigenvalue weighted by Crippen LogP contribution is 2.13. The van der Waals surface area contributed by atoms with E-state index in [4.69, 9.17) is 15.0 Å². The monoisotopic (exact) mass is 204 g/mol. The largest absolute Gasteiger partial charge is 0.481 e. The standard InChI is InChI=1S/C7H16OSi.C2H4O2/c1-7(5-8)6-9(2,3)4;1-2(3)4/h8H,1,5-6H2,2-4H3;1H3,(H,3,4). The van der Waals surface area contributed by atoms with Crippen molar-refractivity contribution < 1.29 is 15.0 Å². The lowest BCUT2D eigenvalue weighted by atomic mass is 10.4. The lowest BCUT2D eigenvalue weighted by Gasteiger charge is -2.15. The van der Waals surface area contributed by atoms with Crippen LogP contribution in [-0.2, 0) is 4.79 Å². The molecule has 0 aliphatic carbocycles. The Morgan fingerprint density at radius 2 is 1.69 bits per heavy atom. The fourth-order valence-electron chi connectivity index (χ4n) is 0.806. The fourth-order valence-corrected chi connectivity index (χ4v) is 2.42. The third-order valence-corrected chi connectivity index (χ3v) is 2.56. The Morgan fingerprint density at radius 3 is 1.77 bits per heavy atom. The number of carbonyl (C=O) groups is 1. The molecule has 0 radical (unpaired) electrons. The average molecular weight is 204 g/mol. The van der Waals surface area contributed by atoms with E-state index in [1.54, 1.807) is 0 Å². The van der Waals surface area contributed by atoms with Crippen LogP contribution in [0.5, 0.6) is 0 Å². The summed E-state index contributed by atoms with van der Waals surface area (Å²) in [6.07, 6.45) is 0. The second-order valence-electron chi connectivity index (χ2n) is 4.16. The maximum absolute atomic E-state index is 9.00. The third kappa shape index (κ3) is 24.6. The van der Waals surface area contributed by atoms with Crippen LogP contribution in [0.15, 0.2) is 12.2 Å². The van der Waals surface area contributed by atoms with E-state index in [0.29, 0.717) is 0 Å². The zero-order chi connectivity index (χ0) is 11.1. The Labute approximate surface area is 81.1 Å². The normalized spacial score (nSPS) is 9.92. The molecule has 0 atom stereocenters. The number of carboxylic acid groups (broad SMARTS) is 1. The number of rotatable bonds is 3. The van der Waals surface area contributed by atoms with E-state index in [1.807, 2.05) is 0 Å². The number of hydrogen-bond donors (Lipinski definition) is 2. The topological polar surface area (TPSA) is 57.5 Å². The molecule has 0 amide bonds. The van der Waals surface area contributed by atoms with Crippen molar-refractivity contribution in [2.75, 3.05) is 6.61 Å². The molecule has 0 fully saturated rings. The first-order chi connectivity index (χ1) is 5.69. The maximum atomic E-state index is 9.00. The Kier molecular flexibility index (Phi) is 7.85. The van der Waals surface area contributed by atoms with Gasteiger partial charge in [0, 0.05) is 15.0 Å². The molecule has 0 unspecified atom stereocenters. The predicted molar refractivity (Wildman–Crippen MR) is 57.7 cm³/mol. The van der Waals surface area contributed by atoms with Gasteiger partial charge in [-0.3, -0.25) is 4.79 Å². The molecule has 0 rings (SSSR count). The molecular formula is C9H20O3Si. The SMILES string of the molecule is C=C(CO)C[Si](C)(C)C.CC(=O)O. The molecule has 0 aromatic heterocycles. The van der Waals surface area contributed by atoms with Crippen molar-refractivity contribution in [1.82, 2.24) is 0 Å². The highest BCUT2D eigenvalue weighted by Gasteiger charge is 2.13. The lowest BCUT2D eigenvalue weighted by Crippen LogP contribution is -2.20. The molecule has 2 N–H and O–H groups in total. The van der Waals surface area contributed by atoms with Gasteiger partial charge in [-0.2, -0.15) is 0 Å². The van der Waals surface area contributed by atoms with E-state index in [-0.39, 0.29) is 6.61 Å². The summed E-state index contributed by atoms with van der Waals surface area (Å²) in [5, 5.41) is 16.0. The molecule has 0 spiro atoms. The first-order valence-electron chi connectivity index (χ1n) is 4.16. The third-order valence-electron chi connectivity index (χ3n) is 1.00. The summed E-state index contributed by atoms with van der Waals surface area (Å²) < 4.78 is 0. The van der Waals surface area contributed by atoms with Gasteiger partial charge in [-0.1, -0.05) is 31.8 Å². The fraction of sp³-hybridized carbons (Fsp3) is 0.667. The predicted octanol–water partition coefficient (Wildman–Crippen LogP) is 1.96. The van der Waals surface area contributed by atoms with Gasteiger partial charge < -0.3 is 10.2 Å². The molecule has 4 heteroatoms. The summed E-state index contributed by atoms with van der Waals surface area (Å²) in [7, 11) is -1.00. The Morgan fingerprint density at radius 1 is 1.38 bits per heavy atom. The van der Waals surface area contributed by atoms with Crippen molar-refractivity contribution in [2.45, 2.75) is 32.6 Å². The van der Waals surface area contributed by atoms with Gasteiger partial charge in [-0.15, -0.1) is 0 Å². The molecule has 0 aromatic rings. The van der Waals surface area contributed by atoms with Crippen LogP contribution in [0.25, 0.3) is 0 Å². The van der Waals surface area contributed by atoms with Gasteiger partial charge in [0.25, 0.3) is 5.97 Å². The van der Waals surface area contributed by atoms with E-state index < -0.39 is 14.0 Å². The van der Waals surface area contributed by atoms with Gasteiger partial charge >= 0.3 is 0 Å². The van der Waals surface area contributed by atoms with Crippen LogP contribution in [0.3, 0.4) is 0 Å². The van der Waals surface area contributed by atoms with Gasteiger partial charge in [-0.05, 0) is 6.04 Å². The minimum absolute atomic E-state index is 0.157. The number of aliphatic carboxylic acids is 1. The van der Waals surface area contributed by atoms with E-state index in [0.717, 1.165) is 18.5 Å². The molecule has 13 heavy (non-hydrogen) atoms. The van der Waals surface area contributed by atoms with Crippen LogP contribution in [-0.4, -0.2) is 30.9 Å². The average Bonchev–Trinajstić information content (AvgIpc) is 1.82. The molecule has 0 aromatic carbocycles. The quantitative estimate of drug-likeness (QED) is 0.546. The number of carboxylic acids is 1. The van der Waals surface area contributed by atoms with E-state index >= 15 is 0 Å². The minimum Gasteiger partial charge on any atom is -0.481 e.